The largest absolute Gasteiger partial charge is 0.167 e. The molecule has 0 fully saturated rings. The lowest BCUT2D eigenvalue weighted by molar-refractivity contribution is 2.36. The van der Waals surface area contributed by atoms with E-state index in [-0.39, 0.29) is 0 Å². The van der Waals surface area contributed by atoms with E-state index in [9.17, 15) is 0 Å². The minimum absolute atomic E-state index is 0.880. The molecule has 0 atom stereocenters. The highest BCUT2D eigenvalue weighted by Gasteiger charge is 1.82. The van der Waals surface area contributed by atoms with Crippen LogP contribution in [0.15, 0.2) is 0 Å². The lowest BCUT2D eigenvalue weighted by Crippen LogP contribution is -1.49. The first-order valence-corrected chi connectivity index (χ1v) is 6.63. The molecule has 0 saturated carbocycles. The van der Waals surface area contributed by atoms with Gasteiger partial charge in [-0.05, 0) is 9.83 Å². The van der Waals surface area contributed by atoms with E-state index < -0.39 is 0 Å². The number of hydrogen-bond donors (Lipinski definition) is 2. The molecule has 0 aliphatic rings. The Morgan fingerprint density at radius 1 is 1.00 bits per heavy atom. The van der Waals surface area contributed by atoms with Crippen molar-refractivity contribution in [2.75, 3.05) is 10.2 Å². The van der Waals surface area contributed by atoms with Crippen LogP contribution in [0.1, 0.15) is 0 Å². The summed E-state index contributed by atoms with van der Waals surface area (Å²) < 4.78 is 0. The molecule has 0 radical (unpaired) electrons. The van der Waals surface area contributed by atoms with Crippen LogP contribution in [0.5, 0.6) is 0 Å². The highest BCUT2D eigenvalue weighted by molar-refractivity contribution is 9.10. The van der Waals surface area contributed by atoms with E-state index in [1.807, 2.05) is 0 Å². The van der Waals surface area contributed by atoms with Gasteiger partial charge in [-0.3, -0.25) is 0 Å². The van der Waals surface area contributed by atoms with Crippen molar-refractivity contribution in [3.63, 3.8) is 0 Å². The SMILES string of the molecule is SCSSSCS. The van der Waals surface area contributed by atoms with E-state index in [2.05, 4.69) is 25.3 Å². The van der Waals surface area contributed by atoms with Crippen LogP contribution < -0.4 is 0 Å². The molecule has 0 nitrogen and oxygen atoms in total. The fourth-order valence-corrected chi connectivity index (χ4v) is 4.40. The summed E-state index contributed by atoms with van der Waals surface area (Å²) in [7, 11) is 5.19. The Labute approximate surface area is 66.6 Å². The third-order valence-corrected chi connectivity index (χ3v) is 5.44. The standard InChI is InChI=1S/C2H6S5/c3-1-5-7-6-2-4/h3-4H,1-2H2. The predicted octanol–water partition coefficient (Wildman–Crippen LogP) is 2.79. The average Bonchev–Trinajstić information content (AvgIpc) is 1.69. The second-order valence-electron chi connectivity index (χ2n) is 0.562. The predicted molar refractivity (Wildman–Crippen MR) is 50.5 cm³/mol. The van der Waals surface area contributed by atoms with Gasteiger partial charge in [0.25, 0.3) is 0 Å². The summed E-state index contributed by atoms with van der Waals surface area (Å²) in [5, 5.41) is 1.76. The Balaban J connectivity index is 2.45. The van der Waals surface area contributed by atoms with Gasteiger partial charge in [0.15, 0.2) is 0 Å². The number of hydrogen-bond acceptors (Lipinski definition) is 5. The first kappa shape index (κ1) is 8.75. The van der Waals surface area contributed by atoms with Crippen LogP contribution in [0, 0.1) is 0 Å². The summed E-state index contributed by atoms with van der Waals surface area (Å²) in [6.45, 7) is 0. The zero-order valence-corrected chi connectivity index (χ0v) is 7.77. The van der Waals surface area contributed by atoms with Crippen LogP contribution >= 0.6 is 56.7 Å². The molecule has 0 aromatic carbocycles. The van der Waals surface area contributed by atoms with Crippen molar-refractivity contribution < 1.29 is 0 Å². The minimum atomic E-state index is 0.880. The molecular weight excluding hydrogens is 184 g/mol. The molecule has 7 heavy (non-hydrogen) atoms. The normalized spacial score (nSPS) is 9.43. The Hall–Kier alpha value is 1.75. The van der Waals surface area contributed by atoms with Crippen molar-refractivity contribution in [1.29, 1.82) is 0 Å². The summed E-state index contributed by atoms with van der Waals surface area (Å²) in [4.78, 5) is 0. The van der Waals surface area contributed by atoms with Gasteiger partial charge in [0.1, 0.15) is 0 Å². The molecule has 0 bridgehead atoms. The van der Waals surface area contributed by atoms with Crippen LogP contribution in [0.25, 0.3) is 0 Å². The maximum absolute atomic E-state index is 4.00. The molecule has 0 unspecified atom stereocenters. The highest BCUT2D eigenvalue weighted by atomic mass is 33.5. The second kappa shape index (κ2) is 7.75. The molecule has 0 aromatic heterocycles. The molecule has 0 N–H and O–H groups in total. The molecular formula is C2H6S5. The smallest absolute Gasteiger partial charge is 0.0474 e. The second-order valence-corrected chi connectivity index (χ2v) is 6.28. The van der Waals surface area contributed by atoms with Crippen molar-refractivity contribution in [2.24, 2.45) is 0 Å². The van der Waals surface area contributed by atoms with Crippen LogP contribution in [-0.2, 0) is 0 Å². The van der Waals surface area contributed by atoms with Gasteiger partial charge in [-0.15, -0.1) is 0 Å². The van der Waals surface area contributed by atoms with E-state index in [4.69, 9.17) is 0 Å². The molecule has 0 amide bonds. The van der Waals surface area contributed by atoms with Gasteiger partial charge >= 0.3 is 0 Å². The minimum Gasteiger partial charge on any atom is -0.167 e. The van der Waals surface area contributed by atoms with Gasteiger partial charge in [0, 0.05) is 10.2 Å². The third kappa shape index (κ3) is 7.75. The fourth-order valence-electron chi connectivity index (χ4n) is 0.0771. The van der Waals surface area contributed by atoms with E-state index in [0.717, 1.165) is 10.2 Å². The third-order valence-electron chi connectivity index (χ3n) is 0.202. The van der Waals surface area contributed by atoms with Crippen LogP contribution in [0.2, 0.25) is 0 Å². The van der Waals surface area contributed by atoms with Gasteiger partial charge in [-0.2, -0.15) is 25.3 Å². The van der Waals surface area contributed by atoms with Crippen molar-refractivity contribution in [3.8, 4) is 0 Å². The molecule has 5 heteroatoms. The van der Waals surface area contributed by atoms with Crippen molar-refractivity contribution >= 4 is 56.7 Å². The van der Waals surface area contributed by atoms with Crippen molar-refractivity contribution in [3.05, 3.63) is 0 Å². The number of rotatable bonds is 4. The summed E-state index contributed by atoms with van der Waals surface area (Å²) in [6, 6.07) is 0. The molecule has 0 saturated heterocycles. The van der Waals surface area contributed by atoms with Gasteiger partial charge in [-0.1, -0.05) is 21.6 Å². The van der Waals surface area contributed by atoms with Gasteiger partial charge in [0.2, 0.25) is 0 Å². The van der Waals surface area contributed by atoms with E-state index >= 15 is 0 Å². The van der Waals surface area contributed by atoms with E-state index in [1.165, 1.54) is 0 Å². The van der Waals surface area contributed by atoms with Crippen LogP contribution in [0.3, 0.4) is 0 Å². The molecule has 0 aromatic rings. The maximum Gasteiger partial charge on any atom is 0.0474 e. The Morgan fingerprint density at radius 3 is 1.71 bits per heavy atom. The van der Waals surface area contributed by atoms with Crippen LogP contribution in [0.4, 0.5) is 0 Å². The van der Waals surface area contributed by atoms with E-state index in [1.54, 1.807) is 31.4 Å². The highest BCUT2D eigenvalue weighted by Crippen LogP contribution is 2.34. The average molecular weight is 190 g/mol. The Kier molecular flexibility index (Phi) is 9.69. The van der Waals surface area contributed by atoms with Gasteiger partial charge in [-0.25, -0.2) is 0 Å². The zero-order chi connectivity index (χ0) is 5.54. The molecule has 0 heterocycles. The Bertz CT molecular complexity index is 25.3. The zero-order valence-electron chi connectivity index (χ0n) is 3.53. The maximum atomic E-state index is 4.00. The lowest BCUT2D eigenvalue weighted by atomic mass is 11.9. The van der Waals surface area contributed by atoms with Gasteiger partial charge in [0.05, 0.1) is 0 Å². The molecule has 0 spiro atoms. The van der Waals surface area contributed by atoms with Crippen LogP contribution in [-0.4, -0.2) is 10.2 Å². The first-order valence-electron chi connectivity index (χ1n) is 1.54. The monoisotopic (exact) mass is 190 g/mol. The summed E-state index contributed by atoms with van der Waals surface area (Å²) >= 11 is 7.99. The molecule has 0 aliphatic carbocycles. The first-order chi connectivity index (χ1) is 3.41. The number of thiol groups is 2. The quantitative estimate of drug-likeness (QED) is 0.303. The fraction of sp³-hybridized carbons (Fsp3) is 1.00. The topological polar surface area (TPSA) is 0 Å². The molecule has 0 rings (SSSR count). The lowest BCUT2D eigenvalue weighted by Gasteiger charge is -1.88. The van der Waals surface area contributed by atoms with Crippen molar-refractivity contribution in [1.82, 2.24) is 0 Å². The summed E-state index contributed by atoms with van der Waals surface area (Å²) in [6.07, 6.45) is 0. The van der Waals surface area contributed by atoms with Gasteiger partial charge < -0.3 is 0 Å². The Morgan fingerprint density at radius 2 is 1.43 bits per heavy atom. The summed E-state index contributed by atoms with van der Waals surface area (Å²) in [5.74, 6) is 0. The van der Waals surface area contributed by atoms with E-state index in [0.29, 0.717) is 0 Å². The summed E-state index contributed by atoms with van der Waals surface area (Å²) in [5.41, 5.74) is 0. The molecule has 0 aliphatic heterocycles. The molecule has 44 valence electrons. The van der Waals surface area contributed by atoms with Crippen molar-refractivity contribution in [2.45, 2.75) is 0 Å².